The van der Waals surface area contributed by atoms with E-state index in [0.717, 1.165) is 9.35 Å². The Morgan fingerprint density at radius 2 is 2.42 bits per heavy atom. The highest BCUT2D eigenvalue weighted by atomic mass is 79.9. The maximum Gasteiger partial charge on any atom is 0.0789 e. The van der Waals surface area contributed by atoms with Crippen LogP contribution in [-0.4, -0.2) is 17.3 Å². The normalized spacial score (nSPS) is 16.0. The lowest BCUT2D eigenvalue weighted by Crippen LogP contribution is -2.36. The number of rotatable bonds is 3. The average Bonchev–Trinajstić information content (AvgIpc) is 2.35. The number of aliphatic hydroxyl groups is 1. The van der Waals surface area contributed by atoms with E-state index in [1.807, 2.05) is 11.4 Å². The van der Waals surface area contributed by atoms with Gasteiger partial charge in [-0.05, 0) is 28.9 Å². The Balaban J connectivity index is 2.63. The van der Waals surface area contributed by atoms with Gasteiger partial charge in [-0.25, -0.2) is 0 Å². The number of nitrogens with two attached hydrogens (primary N) is 1. The molecule has 4 heteroatoms. The van der Waals surface area contributed by atoms with Gasteiger partial charge in [0.1, 0.15) is 0 Å². The minimum absolute atomic E-state index is 0.294. The van der Waals surface area contributed by atoms with Crippen molar-refractivity contribution in [2.24, 2.45) is 5.73 Å². The Labute approximate surface area is 84.5 Å². The molecule has 0 fully saturated rings. The molecule has 0 saturated carbocycles. The SMILES string of the molecule is CC(O)(CN)Cc1cc(Br)cs1. The summed E-state index contributed by atoms with van der Waals surface area (Å²) in [6, 6.07) is 2.01. The molecule has 0 aliphatic heterocycles. The molecule has 1 heterocycles. The Morgan fingerprint density at radius 3 is 2.83 bits per heavy atom. The van der Waals surface area contributed by atoms with Crippen molar-refractivity contribution in [3.63, 3.8) is 0 Å². The van der Waals surface area contributed by atoms with Crippen LogP contribution in [0.25, 0.3) is 0 Å². The molecule has 1 rings (SSSR count). The predicted octanol–water partition coefficient (Wildman–Crippen LogP) is 1.76. The third-order valence-electron chi connectivity index (χ3n) is 1.62. The standard InChI is InChI=1S/C8H12BrNOS/c1-8(11,5-10)3-7-2-6(9)4-12-7/h2,4,11H,3,5,10H2,1H3. The van der Waals surface area contributed by atoms with Crippen LogP contribution in [0.3, 0.4) is 0 Å². The summed E-state index contributed by atoms with van der Waals surface area (Å²) in [6.45, 7) is 2.04. The Bertz CT molecular complexity index is 259. The minimum Gasteiger partial charge on any atom is -0.388 e. The monoisotopic (exact) mass is 249 g/mol. The zero-order valence-electron chi connectivity index (χ0n) is 6.88. The fraction of sp³-hybridized carbons (Fsp3) is 0.500. The lowest BCUT2D eigenvalue weighted by Gasteiger charge is -2.19. The van der Waals surface area contributed by atoms with Gasteiger partial charge in [0.2, 0.25) is 0 Å². The average molecular weight is 250 g/mol. The summed E-state index contributed by atoms with van der Waals surface area (Å²) in [4.78, 5) is 1.15. The second-order valence-electron chi connectivity index (χ2n) is 3.11. The first-order valence-electron chi connectivity index (χ1n) is 3.69. The summed E-state index contributed by atoms with van der Waals surface area (Å²) >= 11 is 4.99. The molecule has 0 aromatic carbocycles. The Hall–Kier alpha value is 0.1000. The number of hydrogen-bond acceptors (Lipinski definition) is 3. The maximum atomic E-state index is 9.65. The molecule has 0 radical (unpaired) electrons. The first-order chi connectivity index (χ1) is 5.53. The molecule has 2 nitrogen and oxygen atoms in total. The van der Waals surface area contributed by atoms with Gasteiger partial charge in [0.25, 0.3) is 0 Å². The first-order valence-corrected chi connectivity index (χ1v) is 5.36. The van der Waals surface area contributed by atoms with Gasteiger partial charge < -0.3 is 10.8 Å². The molecule has 0 aliphatic rings. The maximum absolute atomic E-state index is 9.65. The molecule has 0 aliphatic carbocycles. The van der Waals surface area contributed by atoms with E-state index in [4.69, 9.17) is 5.73 Å². The largest absolute Gasteiger partial charge is 0.388 e. The second kappa shape index (κ2) is 3.87. The van der Waals surface area contributed by atoms with E-state index in [1.54, 1.807) is 18.3 Å². The van der Waals surface area contributed by atoms with Crippen LogP contribution in [0.5, 0.6) is 0 Å². The summed E-state index contributed by atoms with van der Waals surface area (Å²) in [5.74, 6) is 0. The van der Waals surface area contributed by atoms with Gasteiger partial charge in [0.15, 0.2) is 0 Å². The third-order valence-corrected chi connectivity index (χ3v) is 3.31. The van der Waals surface area contributed by atoms with Crippen molar-refractivity contribution in [1.29, 1.82) is 0 Å². The molecular formula is C8H12BrNOS. The fourth-order valence-corrected chi connectivity index (χ4v) is 2.52. The lowest BCUT2D eigenvalue weighted by atomic mass is 10.0. The van der Waals surface area contributed by atoms with Gasteiger partial charge in [-0.1, -0.05) is 0 Å². The van der Waals surface area contributed by atoms with E-state index in [9.17, 15) is 5.11 Å². The Morgan fingerprint density at radius 1 is 1.75 bits per heavy atom. The van der Waals surface area contributed by atoms with Crippen LogP contribution in [0.4, 0.5) is 0 Å². The van der Waals surface area contributed by atoms with Crippen LogP contribution in [0.15, 0.2) is 15.9 Å². The van der Waals surface area contributed by atoms with Crippen molar-refractivity contribution < 1.29 is 5.11 Å². The van der Waals surface area contributed by atoms with Crippen molar-refractivity contribution >= 4 is 27.3 Å². The molecule has 12 heavy (non-hydrogen) atoms. The highest BCUT2D eigenvalue weighted by molar-refractivity contribution is 9.10. The molecule has 0 bridgehead atoms. The number of hydrogen-bond donors (Lipinski definition) is 2. The number of halogens is 1. The zero-order valence-corrected chi connectivity index (χ0v) is 9.28. The highest BCUT2D eigenvalue weighted by Crippen LogP contribution is 2.23. The summed E-state index contributed by atoms with van der Waals surface area (Å²) in [7, 11) is 0. The molecular weight excluding hydrogens is 238 g/mol. The molecule has 1 aromatic heterocycles. The van der Waals surface area contributed by atoms with Crippen LogP contribution >= 0.6 is 27.3 Å². The van der Waals surface area contributed by atoms with E-state index in [0.29, 0.717) is 13.0 Å². The summed E-state index contributed by atoms with van der Waals surface area (Å²) in [6.07, 6.45) is 0.625. The number of thiophene rings is 1. The molecule has 1 aromatic rings. The van der Waals surface area contributed by atoms with Gasteiger partial charge >= 0.3 is 0 Å². The summed E-state index contributed by atoms with van der Waals surface area (Å²) in [5.41, 5.74) is 4.63. The van der Waals surface area contributed by atoms with Crippen molar-refractivity contribution in [1.82, 2.24) is 0 Å². The smallest absolute Gasteiger partial charge is 0.0789 e. The van der Waals surface area contributed by atoms with E-state index in [1.165, 1.54) is 0 Å². The van der Waals surface area contributed by atoms with E-state index >= 15 is 0 Å². The zero-order chi connectivity index (χ0) is 9.19. The van der Waals surface area contributed by atoms with Crippen LogP contribution in [0.2, 0.25) is 0 Å². The highest BCUT2D eigenvalue weighted by Gasteiger charge is 2.19. The van der Waals surface area contributed by atoms with E-state index in [-0.39, 0.29) is 0 Å². The summed E-state index contributed by atoms with van der Waals surface area (Å²) < 4.78 is 1.07. The van der Waals surface area contributed by atoms with E-state index < -0.39 is 5.60 Å². The molecule has 0 spiro atoms. The fourth-order valence-electron chi connectivity index (χ4n) is 0.894. The van der Waals surface area contributed by atoms with Gasteiger partial charge in [-0.2, -0.15) is 0 Å². The van der Waals surface area contributed by atoms with Crippen molar-refractivity contribution in [3.8, 4) is 0 Å². The van der Waals surface area contributed by atoms with Crippen LogP contribution < -0.4 is 5.73 Å². The molecule has 0 saturated heterocycles. The van der Waals surface area contributed by atoms with Crippen molar-refractivity contribution in [3.05, 3.63) is 20.8 Å². The van der Waals surface area contributed by atoms with Gasteiger partial charge in [-0.3, -0.25) is 0 Å². The quantitative estimate of drug-likeness (QED) is 0.858. The topological polar surface area (TPSA) is 46.2 Å². The van der Waals surface area contributed by atoms with Gasteiger partial charge in [-0.15, -0.1) is 11.3 Å². The molecule has 1 unspecified atom stereocenters. The van der Waals surface area contributed by atoms with Crippen LogP contribution in [0, 0.1) is 0 Å². The van der Waals surface area contributed by atoms with Crippen molar-refractivity contribution in [2.45, 2.75) is 18.9 Å². The second-order valence-corrected chi connectivity index (χ2v) is 5.02. The third kappa shape index (κ3) is 2.86. The molecule has 3 N–H and O–H groups in total. The Kier molecular flexibility index (Phi) is 3.29. The first kappa shape index (κ1) is 10.2. The van der Waals surface area contributed by atoms with Gasteiger partial charge in [0.05, 0.1) is 5.60 Å². The van der Waals surface area contributed by atoms with E-state index in [2.05, 4.69) is 15.9 Å². The lowest BCUT2D eigenvalue weighted by molar-refractivity contribution is 0.0705. The van der Waals surface area contributed by atoms with Gasteiger partial charge in [0, 0.05) is 27.7 Å². The van der Waals surface area contributed by atoms with Crippen molar-refractivity contribution in [2.75, 3.05) is 6.54 Å². The van der Waals surface area contributed by atoms with Crippen LogP contribution in [0.1, 0.15) is 11.8 Å². The summed E-state index contributed by atoms with van der Waals surface area (Å²) in [5, 5.41) is 11.7. The van der Waals surface area contributed by atoms with Crippen LogP contribution in [-0.2, 0) is 6.42 Å². The molecule has 0 amide bonds. The molecule has 68 valence electrons. The molecule has 1 atom stereocenters. The minimum atomic E-state index is -0.774. The predicted molar refractivity (Wildman–Crippen MR) is 55.4 cm³/mol.